The van der Waals surface area contributed by atoms with Crippen molar-refractivity contribution in [3.05, 3.63) is 65.6 Å². The number of carbonyl (C=O) groups excluding carboxylic acids is 1. The van der Waals surface area contributed by atoms with Gasteiger partial charge in [0, 0.05) is 18.4 Å². The van der Waals surface area contributed by atoms with Crippen molar-refractivity contribution in [3.63, 3.8) is 0 Å². The topological polar surface area (TPSA) is 67.9 Å². The van der Waals surface area contributed by atoms with Gasteiger partial charge in [-0.1, -0.05) is 37.2 Å². The van der Waals surface area contributed by atoms with Gasteiger partial charge in [-0.05, 0) is 25.5 Å². The van der Waals surface area contributed by atoms with Crippen molar-refractivity contribution >= 4 is 24.3 Å². The molecule has 0 spiro atoms. The molecule has 1 aromatic rings. The highest BCUT2D eigenvalue weighted by Gasteiger charge is 2.40. The third-order valence-electron chi connectivity index (χ3n) is 3.90. The van der Waals surface area contributed by atoms with Crippen LogP contribution in [-0.4, -0.2) is 36.1 Å². The van der Waals surface area contributed by atoms with E-state index >= 15 is 0 Å². The summed E-state index contributed by atoms with van der Waals surface area (Å²) in [6, 6.07) is 0. The monoisotopic (exact) mass is 441 g/mol. The summed E-state index contributed by atoms with van der Waals surface area (Å²) < 4.78 is 64.7. The predicted molar refractivity (Wildman–Crippen MR) is 110 cm³/mol. The van der Waals surface area contributed by atoms with Crippen LogP contribution >= 0.6 is 0 Å². The smallest absolute Gasteiger partial charge is 0.433 e. The fraction of sp³-hybridized carbons (Fsp3) is 0.286. The first kappa shape index (κ1) is 25.6. The van der Waals surface area contributed by atoms with Gasteiger partial charge >= 0.3 is 12.1 Å². The molecule has 6 nitrogen and oxygen atoms in total. The van der Waals surface area contributed by atoms with Crippen LogP contribution in [0.4, 0.5) is 17.6 Å². The number of ether oxygens (including phenoxy) is 1. The standard InChI is InChI=1S/C21H23F4N3O3/c1-6-9-11-15(8-3)28(26-4)17(21(23,24)25)12-16-18(20(29)30-5)19(27-31-16)14(13-22)10-7-2/h6,8-9,11-13H,3-4,7,10H2,1-2,5H3/b9-6-,14-13-,15-11+,17-12+. The highest BCUT2D eigenvalue weighted by Crippen LogP contribution is 2.35. The van der Waals surface area contributed by atoms with Crippen LogP contribution in [0.5, 0.6) is 0 Å². The third kappa shape index (κ3) is 6.27. The van der Waals surface area contributed by atoms with Gasteiger partial charge in [0.1, 0.15) is 17.0 Å². The average molecular weight is 441 g/mol. The van der Waals surface area contributed by atoms with Gasteiger partial charge in [-0.25, -0.2) is 14.2 Å². The molecule has 1 aromatic heterocycles. The van der Waals surface area contributed by atoms with Crippen molar-refractivity contribution < 1.29 is 31.6 Å². The van der Waals surface area contributed by atoms with Crippen molar-refractivity contribution in [2.45, 2.75) is 32.9 Å². The Labute approximate surface area is 177 Å². The van der Waals surface area contributed by atoms with Crippen LogP contribution in [0.15, 0.2) is 58.2 Å². The van der Waals surface area contributed by atoms with Crippen molar-refractivity contribution in [2.75, 3.05) is 7.11 Å². The number of allylic oxidation sites excluding steroid dienone is 6. The van der Waals surface area contributed by atoms with Crippen LogP contribution in [0.25, 0.3) is 11.6 Å². The average Bonchev–Trinajstić information content (AvgIpc) is 3.15. The zero-order valence-electron chi connectivity index (χ0n) is 17.4. The minimum absolute atomic E-state index is 0.0154. The van der Waals surface area contributed by atoms with E-state index in [1.54, 1.807) is 19.9 Å². The molecule has 0 aliphatic carbocycles. The summed E-state index contributed by atoms with van der Waals surface area (Å²) in [6.45, 7) is 10.1. The van der Waals surface area contributed by atoms with Crippen LogP contribution in [0.1, 0.15) is 48.5 Å². The molecule has 0 atom stereocenters. The number of hydrogen-bond donors (Lipinski definition) is 0. The zero-order chi connectivity index (χ0) is 23.6. The van der Waals surface area contributed by atoms with Gasteiger partial charge in [0.05, 0.1) is 19.1 Å². The van der Waals surface area contributed by atoms with Gasteiger partial charge < -0.3 is 9.26 Å². The van der Waals surface area contributed by atoms with E-state index in [2.05, 4.69) is 28.3 Å². The van der Waals surface area contributed by atoms with Gasteiger partial charge in [-0.2, -0.15) is 18.3 Å². The molecule has 0 saturated heterocycles. The number of aromatic nitrogens is 1. The van der Waals surface area contributed by atoms with Crippen LogP contribution in [0.3, 0.4) is 0 Å². The Bertz CT molecular complexity index is 925. The molecule has 168 valence electrons. The van der Waals surface area contributed by atoms with Crippen molar-refractivity contribution in [3.8, 4) is 0 Å². The van der Waals surface area contributed by atoms with Crippen molar-refractivity contribution in [2.24, 2.45) is 5.10 Å². The fourth-order valence-corrected chi connectivity index (χ4v) is 2.52. The molecule has 10 heteroatoms. The molecule has 0 saturated carbocycles. The minimum Gasteiger partial charge on any atom is -0.465 e. The van der Waals surface area contributed by atoms with E-state index in [1.807, 2.05) is 0 Å². The highest BCUT2D eigenvalue weighted by atomic mass is 19.4. The lowest BCUT2D eigenvalue weighted by molar-refractivity contribution is -0.107. The number of hydrogen-bond acceptors (Lipinski definition) is 6. The maximum atomic E-state index is 13.9. The number of halogens is 4. The first-order valence-electron chi connectivity index (χ1n) is 9.08. The second-order valence-electron chi connectivity index (χ2n) is 5.95. The second kappa shape index (κ2) is 11.7. The number of nitrogens with zero attached hydrogens (tertiary/aromatic N) is 3. The summed E-state index contributed by atoms with van der Waals surface area (Å²) in [5.74, 6) is -1.61. The lowest BCUT2D eigenvalue weighted by atomic mass is 10.0. The molecule has 0 aliphatic rings. The number of alkyl halides is 3. The summed E-state index contributed by atoms with van der Waals surface area (Å²) in [7, 11) is 1.03. The summed E-state index contributed by atoms with van der Waals surface area (Å²) >= 11 is 0. The van der Waals surface area contributed by atoms with Gasteiger partial charge in [-0.3, -0.25) is 0 Å². The molecule has 1 heterocycles. The Balaban J connectivity index is 3.80. The number of methoxy groups -OCH3 is 1. The minimum atomic E-state index is -4.94. The normalized spacial score (nSPS) is 13.5. The molecule has 1 rings (SSSR count). The quantitative estimate of drug-likeness (QED) is 0.146. The highest BCUT2D eigenvalue weighted by molar-refractivity contribution is 5.97. The van der Waals surface area contributed by atoms with Crippen LogP contribution in [-0.2, 0) is 4.74 Å². The van der Waals surface area contributed by atoms with Crippen molar-refractivity contribution in [1.29, 1.82) is 0 Å². The fourth-order valence-electron chi connectivity index (χ4n) is 2.52. The molecule has 0 aliphatic heterocycles. The molecule has 0 amide bonds. The number of hydrazone groups is 1. The van der Waals surface area contributed by atoms with E-state index < -0.39 is 29.2 Å². The third-order valence-corrected chi connectivity index (χ3v) is 3.90. The molecule has 0 bridgehead atoms. The molecule has 0 N–H and O–H groups in total. The molecule has 0 aromatic carbocycles. The Kier molecular flexibility index (Phi) is 9.65. The zero-order valence-corrected chi connectivity index (χ0v) is 17.4. The molecule has 31 heavy (non-hydrogen) atoms. The molecular formula is C21H23F4N3O3. The molecule has 0 unspecified atom stereocenters. The largest absolute Gasteiger partial charge is 0.465 e. The van der Waals surface area contributed by atoms with Gasteiger partial charge in [0.25, 0.3) is 0 Å². The Morgan fingerprint density at radius 3 is 2.52 bits per heavy atom. The van der Waals surface area contributed by atoms with Crippen LogP contribution < -0.4 is 0 Å². The molecule has 0 fully saturated rings. The Hall–Kier alpha value is -3.43. The van der Waals surface area contributed by atoms with E-state index in [4.69, 9.17) is 4.52 Å². The Morgan fingerprint density at radius 2 is 2.06 bits per heavy atom. The lowest BCUT2D eigenvalue weighted by Crippen LogP contribution is -2.27. The molecule has 0 radical (unpaired) electrons. The summed E-state index contributed by atoms with van der Waals surface area (Å²) in [5, 5.41) is 7.51. The number of rotatable bonds is 10. The van der Waals surface area contributed by atoms with Gasteiger partial charge in [-0.15, -0.1) is 0 Å². The lowest BCUT2D eigenvalue weighted by Gasteiger charge is -2.24. The maximum Gasteiger partial charge on any atom is 0.433 e. The first-order valence-corrected chi connectivity index (χ1v) is 9.08. The molecular weight excluding hydrogens is 418 g/mol. The Morgan fingerprint density at radius 1 is 1.39 bits per heavy atom. The maximum absolute atomic E-state index is 13.9. The second-order valence-corrected chi connectivity index (χ2v) is 5.95. The van der Waals surface area contributed by atoms with E-state index in [0.717, 1.165) is 13.2 Å². The number of carbonyl (C=O) groups is 1. The summed E-state index contributed by atoms with van der Waals surface area (Å²) in [4.78, 5) is 12.3. The summed E-state index contributed by atoms with van der Waals surface area (Å²) in [6.07, 6.45) is 2.03. The first-order chi connectivity index (χ1) is 14.7. The van der Waals surface area contributed by atoms with E-state index in [-0.39, 0.29) is 29.7 Å². The summed E-state index contributed by atoms with van der Waals surface area (Å²) in [5.41, 5.74) is -2.09. The van der Waals surface area contributed by atoms with Gasteiger partial charge in [0.15, 0.2) is 5.76 Å². The van der Waals surface area contributed by atoms with Crippen molar-refractivity contribution in [1.82, 2.24) is 10.2 Å². The SMILES string of the molecule is C=C/C(=C\C=C/C)N(N=C)/C(=C/c1onc(/C(=C\F)CCC)c1C(=O)OC)C(F)(F)F. The van der Waals surface area contributed by atoms with E-state index in [0.29, 0.717) is 17.5 Å². The van der Waals surface area contributed by atoms with Crippen LogP contribution in [0, 0.1) is 0 Å². The van der Waals surface area contributed by atoms with E-state index in [9.17, 15) is 22.4 Å². The number of esters is 1. The predicted octanol–water partition coefficient (Wildman–Crippen LogP) is 6.04. The van der Waals surface area contributed by atoms with E-state index in [1.165, 1.54) is 12.2 Å². The van der Waals surface area contributed by atoms with Crippen LogP contribution in [0.2, 0.25) is 0 Å². The van der Waals surface area contributed by atoms with Gasteiger partial charge in [0.2, 0.25) is 0 Å².